The van der Waals surface area contributed by atoms with E-state index in [4.69, 9.17) is 9.52 Å². The molecule has 0 spiro atoms. The number of amides is 1. The standard InChI is InChI=1S/C12H16BrNO4/c13-10-7-6-9(18-10)12(17)14-8-4-2-1-3-5-11(15)16/h6-7H,1-5,8H2,(H,14,17)(H,15,16). The maximum Gasteiger partial charge on any atom is 0.303 e. The van der Waals surface area contributed by atoms with Crippen LogP contribution >= 0.6 is 15.9 Å². The summed E-state index contributed by atoms with van der Waals surface area (Å²) in [5.41, 5.74) is 0. The molecule has 100 valence electrons. The van der Waals surface area contributed by atoms with Crippen LogP contribution in [0.25, 0.3) is 0 Å². The van der Waals surface area contributed by atoms with E-state index in [1.165, 1.54) is 0 Å². The lowest BCUT2D eigenvalue weighted by molar-refractivity contribution is -0.137. The molecule has 0 aliphatic rings. The van der Waals surface area contributed by atoms with Gasteiger partial charge in [-0.25, -0.2) is 0 Å². The number of carboxylic acid groups (broad SMARTS) is 1. The van der Waals surface area contributed by atoms with E-state index in [-0.39, 0.29) is 18.1 Å². The summed E-state index contributed by atoms with van der Waals surface area (Å²) in [7, 11) is 0. The Bertz CT molecular complexity index is 403. The van der Waals surface area contributed by atoms with Gasteiger partial charge in [0.1, 0.15) is 0 Å². The maximum absolute atomic E-state index is 11.5. The molecular formula is C12H16BrNO4. The summed E-state index contributed by atoms with van der Waals surface area (Å²) in [4.78, 5) is 21.8. The van der Waals surface area contributed by atoms with Gasteiger partial charge in [0.05, 0.1) is 0 Å². The van der Waals surface area contributed by atoms with Crippen LogP contribution < -0.4 is 5.32 Å². The highest BCUT2D eigenvalue weighted by atomic mass is 79.9. The normalized spacial score (nSPS) is 10.3. The number of carbonyl (C=O) groups is 2. The van der Waals surface area contributed by atoms with Crippen molar-refractivity contribution < 1.29 is 19.1 Å². The minimum atomic E-state index is -0.758. The quantitative estimate of drug-likeness (QED) is 0.722. The van der Waals surface area contributed by atoms with Crippen molar-refractivity contribution in [2.24, 2.45) is 0 Å². The van der Waals surface area contributed by atoms with E-state index in [1.54, 1.807) is 12.1 Å². The van der Waals surface area contributed by atoms with Crippen LogP contribution in [0.15, 0.2) is 21.2 Å². The number of carbonyl (C=O) groups excluding carboxylic acids is 1. The molecule has 0 saturated carbocycles. The summed E-state index contributed by atoms with van der Waals surface area (Å²) in [5.74, 6) is -0.703. The molecule has 2 N–H and O–H groups in total. The molecule has 0 atom stereocenters. The smallest absolute Gasteiger partial charge is 0.303 e. The average molecular weight is 318 g/mol. The van der Waals surface area contributed by atoms with Crippen molar-refractivity contribution in [2.75, 3.05) is 6.54 Å². The first-order chi connectivity index (χ1) is 8.59. The van der Waals surface area contributed by atoms with Crippen molar-refractivity contribution in [1.82, 2.24) is 5.32 Å². The number of halogens is 1. The number of carboxylic acids is 1. The van der Waals surface area contributed by atoms with Crippen LogP contribution in [-0.4, -0.2) is 23.5 Å². The summed E-state index contributed by atoms with van der Waals surface area (Å²) in [5, 5.41) is 11.2. The highest BCUT2D eigenvalue weighted by molar-refractivity contribution is 9.10. The van der Waals surface area contributed by atoms with Crippen molar-refractivity contribution in [1.29, 1.82) is 0 Å². The van der Waals surface area contributed by atoms with Gasteiger partial charge in [0.15, 0.2) is 10.4 Å². The van der Waals surface area contributed by atoms with Gasteiger partial charge in [0.2, 0.25) is 0 Å². The average Bonchev–Trinajstić information content (AvgIpc) is 2.74. The zero-order valence-corrected chi connectivity index (χ0v) is 11.5. The van der Waals surface area contributed by atoms with E-state index in [0.717, 1.165) is 19.3 Å². The molecule has 0 aromatic carbocycles. The second-order valence-corrected chi connectivity index (χ2v) is 4.70. The number of aliphatic carboxylic acids is 1. The zero-order chi connectivity index (χ0) is 13.4. The summed E-state index contributed by atoms with van der Waals surface area (Å²) >= 11 is 3.13. The zero-order valence-electron chi connectivity index (χ0n) is 9.95. The van der Waals surface area contributed by atoms with Gasteiger partial charge in [0.25, 0.3) is 5.91 Å². The van der Waals surface area contributed by atoms with E-state index < -0.39 is 5.97 Å². The number of furan rings is 1. The lowest BCUT2D eigenvalue weighted by Crippen LogP contribution is -2.23. The Morgan fingerprint density at radius 1 is 1.22 bits per heavy atom. The monoisotopic (exact) mass is 317 g/mol. The SMILES string of the molecule is O=C(O)CCCCCCNC(=O)c1ccc(Br)o1. The van der Waals surface area contributed by atoms with Gasteiger partial charge in [-0.3, -0.25) is 9.59 Å². The fourth-order valence-corrected chi connectivity index (χ4v) is 1.79. The van der Waals surface area contributed by atoms with Crippen molar-refractivity contribution in [2.45, 2.75) is 32.1 Å². The molecule has 0 bridgehead atoms. The number of hydrogen-bond acceptors (Lipinski definition) is 3. The molecule has 1 heterocycles. The third-order valence-electron chi connectivity index (χ3n) is 2.40. The number of unbranched alkanes of at least 4 members (excludes halogenated alkanes) is 3. The van der Waals surface area contributed by atoms with E-state index in [2.05, 4.69) is 21.2 Å². The third-order valence-corrected chi connectivity index (χ3v) is 2.83. The molecule has 1 rings (SSSR count). The van der Waals surface area contributed by atoms with Gasteiger partial charge in [-0.05, 0) is 40.9 Å². The number of hydrogen-bond donors (Lipinski definition) is 2. The lowest BCUT2D eigenvalue weighted by atomic mass is 10.1. The van der Waals surface area contributed by atoms with Crippen LogP contribution in [0.5, 0.6) is 0 Å². The van der Waals surface area contributed by atoms with Crippen LogP contribution in [0.3, 0.4) is 0 Å². The summed E-state index contributed by atoms with van der Waals surface area (Å²) < 4.78 is 5.64. The van der Waals surface area contributed by atoms with Crippen molar-refractivity contribution in [3.05, 3.63) is 22.6 Å². The van der Waals surface area contributed by atoms with Gasteiger partial charge < -0.3 is 14.8 Å². The predicted molar refractivity (Wildman–Crippen MR) is 69.5 cm³/mol. The topological polar surface area (TPSA) is 79.5 Å². The lowest BCUT2D eigenvalue weighted by Gasteiger charge is -2.02. The highest BCUT2D eigenvalue weighted by Crippen LogP contribution is 2.13. The Hall–Kier alpha value is -1.30. The fourth-order valence-electron chi connectivity index (χ4n) is 1.48. The Kier molecular flexibility index (Phi) is 6.49. The van der Waals surface area contributed by atoms with E-state index in [9.17, 15) is 9.59 Å². The van der Waals surface area contributed by atoms with E-state index in [1.807, 2.05) is 0 Å². The number of rotatable bonds is 8. The van der Waals surface area contributed by atoms with E-state index in [0.29, 0.717) is 17.6 Å². The molecule has 0 saturated heterocycles. The minimum Gasteiger partial charge on any atom is -0.481 e. The largest absolute Gasteiger partial charge is 0.481 e. The Balaban J connectivity index is 2.04. The second-order valence-electron chi connectivity index (χ2n) is 3.92. The maximum atomic E-state index is 11.5. The molecule has 18 heavy (non-hydrogen) atoms. The first-order valence-corrected chi connectivity index (χ1v) is 6.64. The molecule has 6 heteroatoms. The molecule has 1 amide bonds. The molecule has 1 aromatic heterocycles. The molecule has 1 aromatic rings. The minimum absolute atomic E-state index is 0.215. The molecule has 0 aliphatic heterocycles. The van der Waals surface area contributed by atoms with Gasteiger partial charge in [0, 0.05) is 13.0 Å². The van der Waals surface area contributed by atoms with Gasteiger partial charge in [-0.2, -0.15) is 0 Å². The van der Waals surface area contributed by atoms with Crippen LogP contribution in [0.4, 0.5) is 0 Å². The molecule has 0 unspecified atom stereocenters. The van der Waals surface area contributed by atoms with Crippen LogP contribution in [0, 0.1) is 0 Å². The summed E-state index contributed by atoms with van der Waals surface area (Å²) in [6, 6.07) is 3.27. The van der Waals surface area contributed by atoms with Crippen LogP contribution in [0.1, 0.15) is 42.7 Å². The van der Waals surface area contributed by atoms with Crippen LogP contribution in [0.2, 0.25) is 0 Å². The highest BCUT2D eigenvalue weighted by Gasteiger charge is 2.08. The molecular weight excluding hydrogens is 302 g/mol. The van der Waals surface area contributed by atoms with Gasteiger partial charge >= 0.3 is 5.97 Å². The Morgan fingerprint density at radius 2 is 1.94 bits per heavy atom. The first-order valence-electron chi connectivity index (χ1n) is 5.85. The molecule has 0 aliphatic carbocycles. The van der Waals surface area contributed by atoms with Gasteiger partial charge in [-0.15, -0.1) is 0 Å². The second kappa shape index (κ2) is 7.92. The fraction of sp³-hybridized carbons (Fsp3) is 0.500. The summed E-state index contributed by atoms with van der Waals surface area (Å²) in [6.07, 6.45) is 3.53. The third kappa shape index (κ3) is 5.86. The van der Waals surface area contributed by atoms with E-state index >= 15 is 0 Å². The van der Waals surface area contributed by atoms with Crippen molar-refractivity contribution in [3.8, 4) is 0 Å². The number of nitrogens with one attached hydrogen (secondary N) is 1. The van der Waals surface area contributed by atoms with Crippen molar-refractivity contribution in [3.63, 3.8) is 0 Å². The molecule has 0 radical (unpaired) electrons. The summed E-state index contributed by atoms with van der Waals surface area (Å²) in [6.45, 7) is 0.574. The first kappa shape index (κ1) is 14.8. The Morgan fingerprint density at radius 3 is 2.56 bits per heavy atom. The van der Waals surface area contributed by atoms with Crippen LogP contribution in [-0.2, 0) is 4.79 Å². The molecule has 5 nitrogen and oxygen atoms in total. The Labute approximate surface area is 114 Å². The predicted octanol–water partition coefficient (Wildman–Crippen LogP) is 2.81. The molecule has 0 fully saturated rings. The van der Waals surface area contributed by atoms with Gasteiger partial charge in [-0.1, -0.05) is 12.8 Å². The van der Waals surface area contributed by atoms with Crippen molar-refractivity contribution >= 4 is 27.8 Å².